The van der Waals surface area contributed by atoms with Crippen LogP contribution in [-0.2, 0) is 0 Å². The third-order valence-electron chi connectivity index (χ3n) is 4.43. The predicted molar refractivity (Wildman–Crippen MR) is 83.7 cm³/mol. The zero-order valence-electron chi connectivity index (χ0n) is 12.1. The van der Waals surface area contributed by atoms with Crippen LogP contribution in [0.5, 0.6) is 0 Å². The first-order valence-corrected chi connectivity index (χ1v) is 7.70. The molecule has 2 aromatic rings. The average molecular weight is 269 g/mol. The van der Waals surface area contributed by atoms with E-state index in [4.69, 9.17) is 0 Å². The van der Waals surface area contributed by atoms with E-state index in [1.165, 1.54) is 43.4 Å². The zero-order valence-corrected chi connectivity index (χ0v) is 12.1. The number of nitrogens with one attached hydrogen (secondary N) is 2. The minimum Gasteiger partial charge on any atom is -0.382 e. The zero-order chi connectivity index (χ0) is 13.8. The van der Waals surface area contributed by atoms with E-state index in [1.54, 1.807) is 6.33 Å². The molecular weight excluding hydrogens is 246 g/mol. The molecule has 2 atom stereocenters. The molecule has 0 saturated heterocycles. The molecule has 1 aliphatic rings. The Hall–Kier alpha value is -1.77. The number of nitrogens with zero attached hydrogens (tertiary/aromatic N) is 1. The summed E-state index contributed by atoms with van der Waals surface area (Å²) in [7, 11) is 0. The summed E-state index contributed by atoms with van der Waals surface area (Å²) in [5.74, 6) is 0.908. The van der Waals surface area contributed by atoms with Gasteiger partial charge in [0, 0.05) is 11.7 Å². The van der Waals surface area contributed by atoms with Gasteiger partial charge in [-0.25, -0.2) is 4.98 Å². The fourth-order valence-electron chi connectivity index (χ4n) is 3.19. The Morgan fingerprint density at radius 2 is 2.10 bits per heavy atom. The lowest BCUT2D eigenvalue weighted by atomic mass is 9.84. The fourth-order valence-corrected chi connectivity index (χ4v) is 3.19. The van der Waals surface area contributed by atoms with Gasteiger partial charge in [0.15, 0.2) is 0 Å². The second-order valence-electron chi connectivity index (χ2n) is 5.82. The molecule has 0 spiro atoms. The summed E-state index contributed by atoms with van der Waals surface area (Å²) >= 11 is 0. The second kappa shape index (κ2) is 6.12. The monoisotopic (exact) mass is 269 g/mol. The van der Waals surface area contributed by atoms with Crippen LogP contribution in [0.25, 0.3) is 11.3 Å². The number of hydrogen-bond acceptors (Lipinski definition) is 2. The van der Waals surface area contributed by atoms with E-state index in [9.17, 15) is 0 Å². The molecule has 0 bridgehead atoms. The average Bonchev–Trinajstić information content (AvgIpc) is 3.02. The van der Waals surface area contributed by atoms with Gasteiger partial charge in [0.2, 0.25) is 0 Å². The summed E-state index contributed by atoms with van der Waals surface area (Å²) in [5, 5.41) is 3.69. The van der Waals surface area contributed by atoms with Gasteiger partial charge in [-0.2, -0.15) is 0 Å². The van der Waals surface area contributed by atoms with Crippen molar-refractivity contribution in [3.05, 3.63) is 36.8 Å². The third-order valence-corrected chi connectivity index (χ3v) is 4.43. The summed E-state index contributed by atoms with van der Waals surface area (Å²) in [6, 6.07) is 9.29. The van der Waals surface area contributed by atoms with Gasteiger partial charge in [0.1, 0.15) is 0 Å². The van der Waals surface area contributed by atoms with Crippen LogP contribution in [-0.4, -0.2) is 16.0 Å². The van der Waals surface area contributed by atoms with E-state index in [2.05, 4.69) is 46.5 Å². The van der Waals surface area contributed by atoms with Gasteiger partial charge in [-0.15, -0.1) is 0 Å². The molecule has 20 heavy (non-hydrogen) atoms. The van der Waals surface area contributed by atoms with Crippen LogP contribution >= 0.6 is 0 Å². The van der Waals surface area contributed by atoms with Crippen LogP contribution in [0.3, 0.4) is 0 Å². The van der Waals surface area contributed by atoms with Crippen LogP contribution in [0.2, 0.25) is 0 Å². The lowest BCUT2D eigenvalue weighted by Gasteiger charge is -2.29. The molecule has 0 aliphatic heterocycles. The normalized spacial score (nSPS) is 22.6. The van der Waals surface area contributed by atoms with Crippen molar-refractivity contribution in [2.75, 3.05) is 5.32 Å². The molecule has 1 saturated carbocycles. The maximum absolute atomic E-state index is 4.06. The smallest absolute Gasteiger partial charge is 0.0924 e. The molecule has 2 unspecified atom stereocenters. The third kappa shape index (κ3) is 3.03. The molecule has 0 radical (unpaired) electrons. The molecule has 3 heteroatoms. The van der Waals surface area contributed by atoms with Gasteiger partial charge in [-0.1, -0.05) is 38.3 Å². The quantitative estimate of drug-likeness (QED) is 0.860. The first-order valence-electron chi connectivity index (χ1n) is 7.70. The Morgan fingerprint density at radius 3 is 2.80 bits per heavy atom. The van der Waals surface area contributed by atoms with Crippen molar-refractivity contribution < 1.29 is 0 Å². The van der Waals surface area contributed by atoms with Crippen LogP contribution < -0.4 is 5.32 Å². The van der Waals surface area contributed by atoms with E-state index < -0.39 is 0 Å². The largest absolute Gasteiger partial charge is 0.382 e. The SMILES string of the molecule is CCC1CCCC(Nc2ccc(-c3cnc[nH]3)cc2)C1. The van der Waals surface area contributed by atoms with Crippen LogP contribution in [0.4, 0.5) is 5.69 Å². The molecule has 2 N–H and O–H groups in total. The number of rotatable bonds is 4. The number of hydrogen-bond donors (Lipinski definition) is 2. The van der Waals surface area contributed by atoms with Gasteiger partial charge >= 0.3 is 0 Å². The summed E-state index contributed by atoms with van der Waals surface area (Å²) in [6.07, 6.45) is 10.3. The molecule has 1 heterocycles. The first-order chi connectivity index (χ1) is 9.85. The van der Waals surface area contributed by atoms with Crippen molar-refractivity contribution in [1.82, 2.24) is 9.97 Å². The minimum atomic E-state index is 0.645. The Bertz CT molecular complexity index is 516. The van der Waals surface area contributed by atoms with E-state index >= 15 is 0 Å². The maximum Gasteiger partial charge on any atom is 0.0924 e. The fraction of sp³-hybridized carbons (Fsp3) is 0.471. The topological polar surface area (TPSA) is 40.7 Å². The van der Waals surface area contributed by atoms with Crippen LogP contribution in [0, 0.1) is 5.92 Å². The van der Waals surface area contributed by atoms with E-state index in [0.29, 0.717) is 6.04 Å². The van der Waals surface area contributed by atoms with Crippen molar-refractivity contribution in [3.63, 3.8) is 0 Å². The van der Waals surface area contributed by atoms with Crippen molar-refractivity contribution in [2.45, 2.75) is 45.1 Å². The number of benzene rings is 1. The van der Waals surface area contributed by atoms with Gasteiger partial charge in [0.05, 0.1) is 18.2 Å². The number of anilines is 1. The van der Waals surface area contributed by atoms with Gasteiger partial charge in [0.25, 0.3) is 0 Å². The van der Waals surface area contributed by atoms with Crippen LogP contribution in [0.15, 0.2) is 36.8 Å². The first kappa shape index (κ1) is 13.2. The standard InChI is InChI=1S/C17H23N3/c1-2-13-4-3-5-16(10-13)20-15-8-6-14(7-9-15)17-11-18-12-19-17/h6-9,11-13,16,20H,2-5,10H2,1H3,(H,18,19). The molecule has 1 aromatic heterocycles. The maximum atomic E-state index is 4.06. The summed E-state index contributed by atoms with van der Waals surface area (Å²) in [4.78, 5) is 7.20. The predicted octanol–water partition coefficient (Wildman–Crippen LogP) is 4.46. The molecule has 106 valence electrons. The lowest BCUT2D eigenvalue weighted by molar-refractivity contribution is 0.327. The molecule has 3 rings (SSSR count). The molecule has 3 nitrogen and oxygen atoms in total. The number of imidazole rings is 1. The highest BCUT2D eigenvalue weighted by atomic mass is 14.9. The second-order valence-corrected chi connectivity index (χ2v) is 5.82. The Morgan fingerprint density at radius 1 is 1.25 bits per heavy atom. The molecular formula is C17H23N3. The minimum absolute atomic E-state index is 0.645. The van der Waals surface area contributed by atoms with Crippen molar-refractivity contribution >= 4 is 5.69 Å². The van der Waals surface area contributed by atoms with Gasteiger partial charge < -0.3 is 10.3 Å². The van der Waals surface area contributed by atoms with E-state index in [1.807, 2.05) is 6.20 Å². The number of aromatic amines is 1. The molecule has 1 fully saturated rings. The lowest BCUT2D eigenvalue weighted by Crippen LogP contribution is -2.26. The molecule has 1 aromatic carbocycles. The van der Waals surface area contributed by atoms with Gasteiger partial charge in [-0.3, -0.25) is 0 Å². The van der Waals surface area contributed by atoms with Crippen molar-refractivity contribution in [2.24, 2.45) is 5.92 Å². The Balaban J connectivity index is 1.63. The molecule has 1 aliphatic carbocycles. The van der Waals surface area contributed by atoms with E-state index in [0.717, 1.165) is 11.6 Å². The Kier molecular flexibility index (Phi) is 4.05. The highest BCUT2D eigenvalue weighted by molar-refractivity contribution is 5.62. The number of aromatic nitrogens is 2. The van der Waals surface area contributed by atoms with Crippen LogP contribution in [0.1, 0.15) is 39.0 Å². The highest BCUT2D eigenvalue weighted by Crippen LogP contribution is 2.29. The van der Waals surface area contributed by atoms with Crippen molar-refractivity contribution in [3.8, 4) is 11.3 Å². The van der Waals surface area contributed by atoms with Crippen molar-refractivity contribution in [1.29, 1.82) is 0 Å². The van der Waals surface area contributed by atoms with E-state index in [-0.39, 0.29) is 0 Å². The Labute approximate surface area is 120 Å². The summed E-state index contributed by atoms with van der Waals surface area (Å²) in [5.41, 5.74) is 3.48. The highest BCUT2D eigenvalue weighted by Gasteiger charge is 2.20. The molecule has 0 amide bonds. The van der Waals surface area contributed by atoms with Gasteiger partial charge in [-0.05, 0) is 36.5 Å². The number of H-pyrrole nitrogens is 1. The summed E-state index contributed by atoms with van der Waals surface area (Å²) in [6.45, 7) is 2.31. The summed E-state index contributed by atoms with van der Waals surface area (Å²) < 4.78 is 0.